The van der Waals surface area contributed by atoms with Crippen LogP contribution in [0, 0.1) is 11.3 Å². The minimum absolute atomic E-state index is 0.150. The second-order valence-electron chi connectivity index (χ2n) is 7.86. The summed E-state index contributed by atoms with van der Waals surface area (Å²) in [6.07, 6.45) is 0.556. The van der Waals surface area contributed by atoms with Crippen molar-refractivity contribution in [1.29, 1.82) is 5.26 Å². The summed E-state index contributed by atoms with van der Waals surface area (Å²) in [5.74, 6) is -0.238. The fourth-order valence-electron chi connectivity index (χ4n) is 4.73. The van der Waals surface area contributed by atoms with Crippen LogP contribution < -0.4 is 11.2 Å². The quantitative estimate of drug-likeness (QED) is 0.498. The Hall–Kier alpha value is -3.19. The molecular formula is C22H18ClN5O3S. The van der Waals surface area contributed by atoms with Gasteiger partial charge in [-0.15, -0.1) is 11.3 Å². The van der Waals surface area contributed by atoms with Crippen LogP contribution in [0.1, 0.15) is 34.6 Å². The molecule has 1 aliphatic heterocycles. The Kier molecular flexibility index (Phi) is 4.82. The Balaban J connectivity index is 1.98. The van der Waals surface area contributed by atoms with Gasteiger partial charge >= 0.3 is 5.69 Å². The fourth-order valence-corrected chi connectivity index (χ4v) is 5.80. The average Bonchev–Trinajstić information content (AvgIpc) is 3.48. The van der Waals surface area contributed by atoms with Gasteiger partial charge in [0.25, 0.3) is 5.56 Å². The number of aromatic nitrogens is 4. The summed E-state index contributed by atoms with van der Waals surface area (Å²) in [6, 6.07) is 8.80. The molecule has 3 aromatic heterocycles. The highest BCUT2D eigenvalue weighted by Crippen LogP contribution is 2.49. The van der Waals surface area contributed by atoms with Crippen molar-refractivity contribution >= 4 is 33.8 Å². The zero-order valence-corrected chi connectivity index (χ0v) is 18.8. The highest BCUT2D eigenvalue weighted by molar-refractivity contribution is 7.10. The summed E-state index contributed by atoms with van der Waals surface area (Å²) in [4.78, 5) is 30.7. The molecule has 10 heteroatoms. The minimum atomic E-state index is -0.434. The maximum Gasteiger partial charge on any atom is 0.331 e. The van der Waals surface area contributed by atoms with E-state index in [4.69, 9.17) is 11.6 Å². The lowest BCUT2D eigenvalue weighted by Gasteiger charge is -2.15. The number of hydrogen-bond acceptors (Lipinski definition) is 6. The Labute approximate surface area is 191 Å². The fraction of sp³-hybridized carbons (Fsp3) is 0.273. The average molecular weight is 468 g/mol. The van der Waals surface area contributed by atoms with Crippen LogP contribution in [0.25, 0.3) is 22.2 Å². The Bertz CT molecular complexity index is 1550. The lowest BCUT2D eigenvalue weighted by Crippen LogP contribution is -2.37. The van der Waals surface area contributed by atoms with Gasteiger partial charge in [0.2, 0.25) is 0 Å². The van der Waals surface area contributed by atoms with Crippen LogP contribution in [0.4, 0.5) is 0 Å². The molecule has 1 aromatic carbocycles. The van der Waals surface area contributed by atoms with Crippen molar-refractivity contribution in [2.24, 2.45) is 14.1 Å². The van der Waals surface area contributed by atoms with Crippen LogP contribution in [0.3, 0.4) is 0 Å². The first-order chi connectivity index (χ1) is 15.4. The van der Waals surface area contributed by atoms with Gasteiger partial charge in [0.15, 0.2) is 0 Å². The lowest BCUT2D eigenvalue weighted by atomic mass is 9.99. The third-order valence-corrected chi connectivity index (χ3v) is 7.40. The first-order valence-corrected chi connectivity index (χ1v) is 11.2. The number of halogens is 1. The number of aliphatic hydroxyl groups is 1. The van der Waals surface area contributed by atoms with Gasteiger partial charge < -0.3 is 9.67 Å². The number of hydrogen-bond donors (Lipinski definition) is 1. The molecule has 1 aliphatic rings. The van der Waals surface area contributed by atoms with Crippen LogP contribution in [0.2, 0.25) is 5.15 Å². The number of fused-ring (bicyclic) bond motifs is 3. The normalized spacial score (nSPS) is 17.6. The minimum Gasteiger partial charge on any atom is -0.394 e. The molecule has 2 atom stereocenters. The van der Waals surface area contributed by atoms with E-state index in [1.54, 1.807) is 30.6 Å². The van der Waals surface area contributed by atoms with Crippen molar-refractivity contribution in [3.8, 4) is 17.3 Å². The predicted octanol–water partition coefficient (Wildman–Crippen LogP) is 2.76. The molecule has 0 radical (unpaired) electrons. The van der Waals surface area contributed by atoms with Crippen molar-refractivity contribution in [3.63, 3.8) is 0 Å². The van der Waals surface area contributed by atoms with E-state index in [9.17, 15) is 20.0 Å². The van der Waals surface area contributed by atoms with Gasteiger partial charge in [-0.25, -0.2) is 9.78 Å². The van der Waals surface area contributed by atoms with Gasteiger partial charge in [-0.05, 0) is 18.6 Å². The highest BCUT2D eigenvalue weighted by atomic mass is 35.5. The third-order valence-electron chi connectivity index (χ3n) is 6.12. The molecule has 32 heavy (non-hydrogen) atoms. The lowest BCUT2D eigenvalue weighted by molar-refractivity contribution is 0.232. The second kappa shape index (κ2) is 7.45. The number of aliphatic hydroxyl groups excluding tert-OH is 1. The van der Waals surface area contributed by atoms with Crippen molar-refractivity contribution in [2.45, 2.75) is 18.4 Å². The van der Waals surface area contributed by atoms with E-state index in [1.807, 2.05) is 10.6 Å². The number of nitriles is 1. The van der Waals surface area contributed by atoms with Crippen LogP contribution in [0.5, 0.6) is 0 Å². The van der Waals surface area contributed by atoms with E-state index in [0.29, 0.717) is 39.3 Å². The molecule has 0 saturated carbocycles. The number of aryl methyl sites for hydroxylation is 1. The van der Waals surface area contributed by atoms with E-state index in [1.165, 1.54) is 23.0 Å². The summed E-state index contributed by atoms with van der Waals surface area (Å²) in [7, 11) is 3.09. The van der Waals surface area contributed by atoms with Gasteiger partial charge in [0.1, 0.15) is 10.2 Å². The van der Waals surface area contributed by atoms with E-state index in [-0.39, 0.29) is 18.6 Å². The van der Waals surface area contributed by atoms with Gasteiger partial charge in [0.05, 0.1) is 52.5 Å². The summed E-state index contributed by atoms with van der Waals surface area (Å²) in [6.45, 7) is -0.150. The molecule has 0 spiro atoms. The molecule has 5 rings (SSSR count). The Morgan fingerprint density at radius 2 is 2.09 bits per heavy atom. The van der Waals surface area contributed by atoms with E-state index in [0.717, 1.165) is 15.3 Å². The molecule has 0 saturated heterocycles. The van der Waals surface area contributed by atoms with Crippen LogP contribution in [-0.2, 0) is 14.1 Å². The third kappa shape index (κ3) is 2.80. The molecule has 8 nitrogen and oxygen atoms in total. The van der Waals surface area contributed by atoms with Crippen molar-refractivity contribution in [1.82, 2.24) is 18.7 Å². The van der Waals surface area contributed by atoms with Gasteiger partial charge in [-0.1, -0.05) is 23.7 Å². The van der Waals surface area contributed by atoms with Crippen LogP contribution in [0.15, 0.2) is 39.2 Å². The summed E-state index contributed by atoms with van der Waals surface area (Å²) >= 11 is 7.50. The number of nitrogens with zero attached hydrogens (tertiary/aromatic N) is 5. The monoisotopic (exact) mass is 467 g/mol. The van der Waals surface area contributed by atoms with Crippen LogP contribution >= 0.6 is 22.9 Å². The van der Waals surface area contributed by atoms with Crippen molar-refractivity contribution in [3.05, 3.63) is 71.9 Å². The largest absolute Gasteiger partial charge is 0.394 e. The molecule has 0 amide bonds. The zero-order chi connectivity index (χ0) is 22.7. The Morgan fingerprint density at radius 3 is 2.75 bits per heavy atom. The van der Waals surface area contributed by atoms with E-state index < -0.39 is 11.2 Å². The van der Waals surface area contributed by atoms with Gasteiger partial charge in [-0.2, -0.15) is 5.26 Å². The second-order valence-corrected chi connectivity index (χ2v) is 9.14. The van der Waals surface area contributed by atoms with E-state index in [2.05, 4.69) is 11.1 Å². The summed E-state index contributed by atoms with van der Waals surface area (Å²) in [5.41, 5.74) is 2.13. The maximum atomic E-state index is 13.4. The first-order valence-electron chi connectivity index (χ1n) is 9.93. The van der Waals surface area contributed by atoms with Gasteiger partial charge in [-0.3, -0.25) is 13.9 Å². The predicted molar refractivity (Wildman–Crippen MR) is 122 cm³/mol. The smallest absolute Gasteiger partial charge is 0.331 e. The molecule has 0 fully saturated rings. The number of benzene rings is 1. The number of thiazole rings is 1. The molecule has 1 N–H and O–H groups in total. The molecule has 0 bridgehead atoms. The maximum absolute atomic E-state index is 13.4. The summed E-state index contributed by atoms with van der Waals surface area (Å²) in [5, 5.41) is 22.9. The van der Waals surface area contributed by atoms with Gasteiger partial charge in [0, 0.05) is 25.0 Å². The molecule has 162 valence electrons. The summed E-state index contributed by atoms with van der Waals surface area (Å²) < 4.78 is 4.50. The Morgan fingerprint density at radius 1 is 1.31 bits per heavy atom. The van der Waals surface area contributed by atoms with Crippen molar-refractivity contribution < 1.29 is 5.11 Å². The standard InChI is InChI=1S/C22H18ClN5O3S/c1-26-19-16(21(30)27(2)22(26)31)17(12-5-3-4-11(6-12)8-24)28-13(9-29)7-14(18(19)28)20-25-15(23)10-32-20/h3-6,10,13-14,29H,7,9H2,1-2H3/t13-,14+/m1/s1. The zero-order valence-electron chi connectivity index (χ0n) is 17.2. The molecule has 4 aromatic rings. The first kappa shape index (κ1) is 20.7. The number of rotatable bonds is 3. The molecular weight excluding hydrogens is 450 g/mol. The molecule has 0 unspecified atom stereocenters. The topological polar surface area (TPSA) is 106 Å². The molecule has 0 aliphatic carbocycles. The molecule has 4 heterocycles. The van der Waals surface area contributed by atoms with Crippen LogP contribution in [-0.4, -0.2) is 30.4 Å². The highest BCUT2D eigenvalue weighted by Gasteiger charge is 2.40. The van der Waals surface area contributed by atoms with Crippen molar-refractivity contribution in [2.75, 3.05) is 6.61 Å². The SMILES string of the molecule is Cn1c(=O)c2c(-c3cccc(C#N)c3)n3c(c2n(C)c1=O)[C@@H](c1nc(Cl)cs1)C[C@@H]3CO. The van der Waals surface area contributed by atoms with E-state index >= 15 is 0 Å².